The predicted octanol–water partition coefficient (Wildman–Crippen LogP) is 1.72. The fourth-order valence-corrected chi connectivity index (χ4v) is 2.42. The Hall–Kier alpha value is -2.87. The SMILES string of the molecule is C=CC=c1c(=C/C)/c(=C\C=C/C)c(=N/C=C)/n(C=C)/c1=C/C=C. The average Bonchev–Trinajstić information content (AvgIpc) is 2.56. The van der Waals surface area contributed by atoms with Crippen molar-refractivity contribution in [3.8, 4) is 0 Å². The third-order valence-electron chi connectivity index (χ3n) is 3.29. The summed E-state index contributed by atoms with van der Waals surface area (Å²) in [5, 5.41) is 4.07. The van der Waals surface area contributed by atoms with Crippen LogP contribution in [0.5, 0.6) is 0 Å². The quantitative estimate of drug-likeness (QED) is 0.788. The van der Waals surface area contributed by atoms with E-state index in [1.807, 2.05) is 48.8 Å². The van der Waals surface area contributed by atoms with Crippen LogP contribution in [0.15, 0.2) is 61.8 Å². The van der Waals surface area contributed by atoms with E-state index >= 15 is 0 Å². The summed E-state index contributed by atoms with van der Waals surface area (Å²) in [5.41, 5.74) is 0.774. The minimum Gasteiger partial charge on any atom is -0.301 e. The Morgan fingerprint density at radius 2 is 1.57 bits per heavy atom. The molecule has 1 aromatic heterocycles. The highest BCUT2D eigenvalue weighted by molar-refractivity contribution is 5.47. The summed E-state index contributed by atoms with van der Waals surface area (Å²) in [7, 11) is 0. The molecule has 2 nitrogen and oxygen atoms in total. The van der Waals surface area contributed by atoms with Gasteiger partial charge in [-0.2, -0.15) is 0 Å². The Morgan fingerprint density at radius 3 is 2.04 bits per heavy atom. The first-order chi connectivity index (χ1) is 11.2. The first-order valence-corrected chi connectivity index (χ1v) is 7.46. The normalized spacial score (nSPS) is 15.5. The zero-order valence-corrected chi connectivity index (χ0v) is 14.0. The van der Waals surface area contributed by atoms with Gasteiger partial charge in [-0.15, -0.1) is 0 Å². The molecule has 23 heavy (non-hydrogen) atoms. The molecule has 0 bridgehead atoms. The molecule has 1 rings (SSSR count). The highest BCUT2D eigenvalue weighted by atomic mass is 15.0. The average molecular weight is 304 g/mol. The summed E-state index contributed by atoms with van der Waals surface area (Å²) < 4.78 is 1.93. The predicted molar refractivity (Wildman–Crippen MR) is 104 cm³/mol. The zero-order chi connectivity index (χ0) is 17.2. The van der Waals surface area contributed by atoms with Crippen LogP contribution in [0.2, 0.25) is 0 Å². The van der Waals surface area contributed by atoms with Crippen molar-refractivity contribution in [3.05, 3.63) is 83.3 Å². The van der Waals surface area contributed by atoms with Crippen LogP contribution in [-0.4, -0.2) is 4.57 Å². The van der Waals surface area contributed by atoms with E-state index in [0.717, 1.165) is 26.5 Å². The minimum absolute atomic E-state index is 0.774. The maximum absolute atomic E-state index is 4.46. The Labute approximate surface area is 137 Å². The van der Waals surface area contributed by atoms with E-state index in [2.05, 4.69) is 37.4 Å². The first-order valence-electron chi connectivity index (χ1n) is 7.46. The van der Waals surface area contributed by atoms with E-state index in [9.17, 15) is 0 Å². The van der Waals surface area contributed by atoms with Crippen LogP contribution in [0.1, 0.15) is 13.8 Å². The van der Waals surface area contributed by atoms with Crippen molar-refractivity contribution >= 4 is 30.5 Å². The lowest BCUT2D eigenvalue weighted by Crippen LogP contribution is -2.61. The van der Waals surface area contributed by atoms with Crippen LogP contribution in [0.4, 0.5) is 0 Å². The molecule has 0 aromatic carbocycles. The maximum Gasteiger partial charge on any atom is 0.144 e. The van der Waals surface area contributed by atoms with Crippen molar-refractivity contribution in [2.45, 2.75) is 13.8 Å². The molecule has 0 aliphatic heterocycles. The second-order valence-electron chi connectivity index (χ2n) is 4.60. The van der Waals surface area contributed by atoms with Gasteiger partial charge in [0, 0.05) is 22.8 Å². The zero-order valence-electron chi connectivity index (χ0n) is 14.0. The number of rotatable bonds is 5. The molecule has 0 aliphatic rings. The molecule has 0 unspecified atom stereocenters. The van der Waals surface area contributed by atoms with Gasteiger partial charge in [0.05, 0.1) is 5.35 Å². The van der Waals surface area contributed by atoms with E-state index in [1.54, 1.807) is 18.4 Å². The van der Waals surface area contributed by atoms with Crippen LogP contribution in [-0.2, 0) is 0 Å². The van der Waals surface area contributed by atoms with E-state index in [4.69, 9.17) is 0 Å². The fraction of sp³-hybridized carbons (Fsp3) is 0.0952. The largest absolute Gasteiger partial charge is 0.301 e. The Kier molecular flexibility index (Phi) is 7.28. The molecule has 0 fully saturated rings. The van der Waals surface area contributed by atoms with E-state index in [-0.39, 0.29) is 0 Å². The Bertz CT molecular complexity index is 949. The van der Waals surface area contributed by atoms with Crippen LogP contribution in [0.3, 0.4) is 0 Å². The number of hydrogen-bond acceptors (Lipinski definition) is 1. The number of nitrogens with zero attached hydrogens (tertiary/aromatic N) is 2. The summed E-state index contributed by atoms with van der Waals surface area (Å²) in [6.45, 7) is 19.3. The molecule has 0 amide bonds. The molecule has 0 N–H and O–H groups in total. The van der Waals surface area contributed by atoms with E-state index < -0.39 is 0 Å². The lowest BCUT2D eigenvalue weighted by Gasteiger charge is -2.06. The first kappa shape index (κ1) is 18.2. The van der Waals surface area contributed by atoms with Gasteiger partial charge < -0.3 is 4.57 Å². The monoisotopic (exact) mass is 304 g/mol. The third-order valence-corrected chi connectivity index (χ3v) is 3.29. The standard InChI is InChI=1S/C21H24N2/c1-7-13-16-19-17(10-4)18(14-8-2)20(15-9-3)23(12-6)21(19)22-11-5/h7-16H,2-3,5-6H2,1,4H3/b13-7-,17-10-,18-14?,19-16+,20-15+,22-21-. The van der Waals surface area contributed by atoms with Crippen molar-refractivity contribution < 1.29 is 0 Å². The van der Waals surface area contributed by atoms with E-state index in [1.165, 1.54) is 6.20 Å². The second kappa shape index (κ2) is 9.21. The summed E-state index contributed by atoms with van der Waals surface area (Å²) in [6, 6.07) is 0. The lowest BCUT2D eigenvalue weighted by atomic mass is 10.1. The molecular formula is C21H24N2. The molecular weight excluding hydrogens is 280 g/mol. The molecule has 0 saturated heterocycles. The summed E-state index contributed by atoms with van der Waals surface area (Å²) in [4.78, 5) is 4.46. The lowest BCUT2D eigenvalue weighted by molar-refractivity contribution is 0.931. The van der Waals surface area contributed by atoms with Gasteiger partial charge in [-0.3, -0.25) is 0 Å². The molecule has 0 saturated carbocycles. The van der Waals surface area contributed by atoms with Crippen LogP contribution in [0, 0.1) is 0 Å². The second-order valence-corrected chi connectivity index (χ2v) is 4.60. The molecule has 1 heterocycles. The molecule has 0 spiro atoms. The Morgan fingerprint density at radius 1 is 0.870 bits per heavy atom. The minimum atomic E-state index is 0.774. The highest BCUT2D eigenvalue weighted by Gasteiger charge is 2.00. The van der Waals surface area contributed by atoms with Crippen LogP contribution in [0.25, 0.3) is 30.5 Å². The topological polar surface area (TPSA) is 17.3 Å². The van der Waals surface area contributed by atoms with E-state index in [0.29, 0.717) is 0 Å². The van der Waals surface area contributed by atoms with Crippen molar-refractivity contribution in [3.63, 3.8) is 0 Å². The third kappa shape index (κ3) is 3.86. The highest BCUT2D eigenvalue weighted by Crippen LogP contribution is 1.74. The summed E-state index contributed by atoms with van der Waals surface area (Å²) >= 11 is 0. The molecule has 2 heteroatoms. The van der Waals surface area contributed by atoms with Gasteiger partial charge in [0.25, 0.3) is 0 Å². The number of pyridine rings is 1. The van der Waals surface area contributed by atoms with Crippen molar-refractivity contribution in [1.29, 1.82) is 0 Å². The van der Waals surface area contributed by atoms with Gasteiger partial charge in [0.2, 0.25) is 0 Å². The Balaban J connectivity index is 4.61. The molecule has 0 aliphatic carbocycles. The van der Waals surface area contributed by atoms with Gasteiger partial charge in [0.1, 0.15) is 5.49 Å². The number of aromatic nitrogens is 1. The van der Waals surface area contributed by atoms with Gasteiger partial charge >= 0.3 is 0 Å². The van der Waals surface area contributed by atoms with Gasteiger partial charge in [-0.05, 0) is 25.1 Å². The smallest absolute Gasteiger partial charge is 0.144 e. The molecule has 0 radical (unpaired) electrons. The van der Waals surface area contributed by atoms with Gasteiger partial charge in [-0.25, -0.2) is 4.99 Å². The van der Waals surface area contributed by atoms with Crippen LogP contribution < -0.4 is 26.5 Å². The van der Waals surface area contributed by atoms with Crippen molar-refractivity contribution in [2.75, 3.05) is 0 Å². The number of allylic oxidation sites excluding steroid dienone is 4. The van der Waals surface area contributed by atoms with Gasteiger partial charge in [0.15, 0.2) is 0 Å². The van der Waals surface area contributed by atoms with Crippen LogP contribution >= 0.6 is 0 Å². The fourth-order valence-electron chi connectivity index (χ4n) is 2.42. The molecule has 118 valence electrons. The van der Waals surface area contributed by atoms with Gasteiger partial charge in [-0.1, -0.05) is 68.8 Å². The maximum atomic E-state index is 4.46. The summed E-state index contributed by atoms with van der Waals surface area (Å²) in [6.07, 6.45) is 18.8. The summed E-state index contributed by atoms with van der Waals surface area (Å²) in [5.74, 6) is 0. The van der Waals surface area contributed by atoms with Crippen molar-refractivity contribution in [1.82, 2.24) is 4.57 Å². The molecule has 1 aromatic rings. The number of hydrogen-bond donors (Lipinski definition) is 0. The van der Waals surface area contributed by atoms with Crippen molar-refractivity contribution in [2.24, 2.45) is 4.99 Å². The molecule has 0 atom stereocenters.